The largest absolute Gasteiger partial charge is 0.264 e. The summed E-state index contributed by atoms with van der Waals surface area (Å²) in [6.45, 7) is 0. The molecule has 0 amide bonds. The fraction of sp³-hybridized carbons (Fsp3) is 0. The highest BCUT2D eigenvalue weighted by atomic mass is 14.7. The predicted octanol–water partition coefficient (Wildman–Crippen LogP) is 8.21. The first kappa shape index (κ1) is 21.6. The Bertz CT molecular complexity index is 1360. The Balaban J connectivity index is 1.58. The molecule has 0 saturated heterocycles. The van der Waals surface area contributed by atoms with E-state index in [1.54, 1.807) is 12.4 Å². The molecule has 0 bridgehead atoms. The first-order valence-electron chi connectivity index (χ1n) is 11.9. The molecule has 0 aliphatic heterocycles. The van der Waals surface area contributed by atoms with Gasteiger partial charge in [0.25, 0.3) is 0 Å². The zero-order valence-electron chi connectivity index (χ0n) is 19.6. The summed E-state index contributed by atoms with van der Waals surface area (Å²) in [4.78, 5) is 13.8. The lowest BCUT2D eigenvalue weighted by molar-refractivity contribution is 1.31. The van der Waals surface area contributed by atoms with Gasteiger partial charge in [-0.1, -0.05) is 72.8 Å². The maximum absolute atomic E-state index is 5.14. The minimum absolute atomic E-state index is 0.922. The molecule has 0 aliphatic carbocycles. The predicted molar refractivity (Wildman–Crippen MR) is 147 cm³/mol. The van der Waals surface area contributed by atoms with Crippen LogP contribution in [0.5, 0.6) is 0 Å². The topological polar surface area (TPSA) is 38.7 Å². The van der Waals surface area contributed by atoms with Crippen molar-refractivity contribution in [1.29, 1.82) is 0 Å². The van der Waals surface area contributed by atoms with Crippen molar-refractivity contribution >= 4 is 0 Å². The van der Waals surface area contributed by atoms with E-state index in [-0.39, 0.29) is 0 Å². The van der Waals surface area contributed by atoms with E-state index in [2.05, 4.69) is 101 Å². The van der Waals surface area contributed by atoms with Gasteiger partial charge in [-0.15, -0.1) is 0 Å². The maximum atomic E-state index is 5.14. The summed E-state index contributed by atoms with van der Waals surface area (Å²) < 4.78 is 0. The number of pyridine rings is 3. The molecule has 0 radical (unpaired) electrons. The summed E-state index contributed by atoms with van der Waals surface area (Å²) in [5.41, 5.74) is 10.6. The van der Waals surface area contributed by atoms with E-state index in [9.17, 15) is 0 Å². The van der Waals surface area contributed by atoms with Crippen molar-refractivity contribution in [3.05, 3.63) is 140 Å². The molecule has 0 N–H and O–H groups in total. The van der Waals surface area contributed by atoms with Gasteiger partial charge in [-0.3, -0.25) is 9.97 Å². The second-order valence-corrected chi connectivity index (χ2v) is 8.64. The van der Waals surface area contributed by atoms with Gasteiger partial charge in [0, 0.05) is 47.0 Å². The van der Waals surface area contributed by atoms with Crippen LogP contribution in [0.3, 0.4) is 0 Å². The molecule has 0 saturated carbocycles. The highest BCUT2D eigenvalue weighted by Crippen LogP contribution is 2.35. The minimum atomic E-state index is 0.922. The van der Waals surface area contributed by atoms with Gasteiger partial charge in [0.2, 0.25) is 0 Å². The van der Waals surface area contributed by atoms with E-state index in [1.807, 2.05) is 36.7 Å². The number of aromatic nitrogens is 3. The fourth-order valence-corrected chi connectivity index (χ4v) is 4.41. The third-order valence-corrected chi connectivity index (χ3v) is 6.22. The Morgan fingerprint density at radius 3 is 1.31 bits per heavy atom. The van der Waals surface area contributed by atoms with Crippen molar-refractivity contribution in [3.8, 4) is 55.9 Å². The van der Waals surface area contributed by atoms with E-state index in [0.717, 1.165) is 55.9 Å². The van der Waals surface area contributed by atoms with Crippen molar-refractivity contribution < 1.29 is 0 Å². The molecule has 3 heteroatoms. The van der Waals surface area contributed by atoms with Gasteiger partial charge in [-0.05, 0) is 64.7 Å². The minimum Gasteiger partial charge on any atom is -0.264 e. The van der Waals surface area contributed by atoms with Crippen LogP contribution in [0.4, 0.5) is 0 Å². The summed E-state index contributed by atoms with van der Waals surface area (Å²) in [6, 6.07) is 39.8. The van der Waals surface area contributed by atoms with Gasteiger partial charge < -0.3 is 0 Å². The summed E-state index contributed by atoms with van der Waals surface area (Å²) in [6.07, 6.45) is 7.39. The molecule has 3 aromatic carbocycles. The fourth-order valence-electron chi connectivity index (χ4n) is 4.41. The molecule has 0 atom stereocenters. The van der Waals surface area contributed by atoms with Crippen molar-refractivity contribution in [2.45, 2.75) is 0 Å². The molecule has 36 heavy (non-hydrogen) atoms. The summed E-state index contributed by atoms with van der Waals surface area (Å²) >= 11 is 0. The summed E-state index contributed by atoms with van der Waals surface area (Å²) in [5.74, 6) is 0. The molecule has 170 valence electrons. The van der Waals surface area contributed by atoms with Crippen LogP contribution in [0.15, 0.2) is 140 Å². The summed E-state index contributed by atoms with van der Waals surface area (Å²) in [7, 11) is 0. The van der Waals surface area contributed by atoms with Crippen molar-refractivity contribution in [2.75, 3.05) is 0 Å². The zero-order chi connectivity index (χ0) is 24.2. The lowest BCUT2D eigenvalue weighted by atomic mass is 9.94. The van der Waals surface area contributed by atoms with Gasteiger partial charge in [-0.2, -0.15) is 0 Å². The molecule has 6 rings (SSSR count). The standard InChI is InChI=1S/C33H23N3/c1-3-9-24(10-4-1)30-20-32(25-11-5-2-6-12-25)36-33(21-30)31-18-28(26-13-7-15-34-22-26)17-29(19-31)27-14-8-16-35-23-27/h1-23H. The molecule has 3 heterocycles. The van der Waals surface area contributed by atoms with Gasteiger partial charge in [0.05, 0.1) is 11.4 Å². The molecule has 3 aromatic heterocycles. The van der Waals surface area contributed by atoms with Crippen LogP contribution in [0, 0.1) is 0 Å². The number of hydrogen-bond donors (Lipinski definition) is 0. The van der Waals surface area contributed by atoms with Crippen LogP contribution in [-0.2, 0) is 0 Å². The van der Waals surface area contributed by atoms with Crippen molar-refractivity contribution in [2.24, 2.45) is 0 Å². The molecule has 0 unspecified atom stereocenters. The molecule has 3 nitrogen and oxygen atoms in total. The van der Waals surface area contributed by atoms with Crippen molar-refractivity contribution in [1.82, 2.24) is 15.0 Å². The third-order valence-electron chi connectivity index (χ3n) is 6.22. The van der Waals surface area contributed by atoms with Crippen LogP contribution in [0.2, 0.25) is 0 Å². The third kappa shape index (κ3) is 4.55. The van der Waals surface area contributed by atoms with Gasteiger partial charge in [0.15, 0.2) is 0 Å². The van der Waals surface area contributed by atoms with Crippen molar-refractivity contribution in [3.63, 3.8) is 0 Å². The van der Waals surface area contributed by atoms with E-state index in [0.29, 0.717) is 0 Å². The second-order valence-electron chi connectivity index (χ2n) is 8.64. The SMILES string of the molecule is c1ccc(-c2cc(-c3ccccc3)nc(-c3cc(-c4cccnc4)cc(-c4cccnc4)c3)c2)cc1. The molecule has 0 fully saturated rings. The van der Waals surface area contributed by atoms with Crippen LogP contribution < -0.4 is 0 Å². The molecule has 6 aromatic rings. The molecular weight excluding hydrogens is 438 g/mol. The Kier molecular flexibility index (Phi) is 5.87. The number of hydrogen-bond acceptors (Lipinski definition) is 3. The maximum Gasteiger partial charge on any atom is 0.0716 e. The molecular formula is C33H23N3. The monoisotopic (exact) mass is 461 g/mol. The van der Waals surface area contributed by atoms with Crippen LogP contribution in [-0.4, -0.2) is 15.0 Å². The van der Waals surface area contributed by atoms with E-state index in [4.69, 9.17) is 4.98 Å². The van der Waals surface area contributed by atoms with Crippen LogP contribution >= 0.6 is 0 Å². The van der Waals surface area contributed by atoms with E-state index >= 15 is 0 Å². The number of rotatable bonds is 5. The Morgan fingerprint density at radius 1 is 0.333 bits per heavy atom. The Morgan fingerprint density at radius 2 is 0.778 bits per heavy atom. The highest BCUT2D eigenvalue weighted by Gasteiger charge is 2.12. The average molecular weight is 462 g/mol. The second kappa shape index (κ2) is 9.77. The van der Waals surface area contributed by atoms with Gasteiger partial charge in [-0.25, -0.2) is 4.98 Å². The highest BCUT2D eigenvalue weighted by molar-refractivity contribution is 5.82. The molecule has 0 spiro atoms. The van der Waals surface area contributed by atoms with E-state index in [1.165, 1.54) is 0 Å². The smallest absolute Gasteiger partial charge is 0.0716 e. The Hall–Kier alpha value is -4.89. The summed E-state index contributed by atoms with van der Waals surface area (Å²) in [5, 5.41) is 0. The first-order valence-corrected chi connectivity index (χ1v) is 11.9. The lowest BCUT2D eigenvalue weighted by Gasteiger charge is -2.13. The normalized spacial score (nSPS) is 10.8. The Labute approximate surface area is 210 Å². The lowest BCUT2D eigenvalue weighted by Crippen LogP contribution is -1.93. The van der Waals surface area contributed by atoms with E-state index < -0.39 is 0 Å². The van der Waals surface area contributed by atoms with Crippen LogP contribution in [0.1, 0.15) is 0 Å². The first-order chi connectivity index (χ1) is 17.8. The van der Waals surface area contributed by atoms with Gasteiger partial charge >= 0.3 is 0 Å². The average Bonchev–Trinajstić information content (AvgIpc) is 2.98. The van der Waals surface area contributed by atoms with Crippen LogP contribution in [0.25, 0.3) is 55.9 Å². The molecule has 0 aliphatic rings. The van der Waals surface area contributed by atoms with Gasteiger partial charge in [0.1, 0.15) is 0 Å². The number of nitrogens with zero attached hydrogens (tertiary/aromatic N) is 3. The number of benzene rings is 3. The quantitative estimate of drug-likeness (QED) is 0.260. The zero-order valence-corrected chi connectivity index (χ0v) is 19.6.